The molecule has 1 amide bonds. The molecule has 1 aromatic rings. The van der Waals surface area contributed by atoms with Crippen molar-refractivity contribution in [2.75, 3.05) is 11.1 Å². The van der Waals surface area contributed by atoms with Crippen molar-refractivity contribution in [3.8, 4) is 0 Å². The molecule has 6 nitrogen and oxygen atoms in total. The van der Waals surface area contributed by atoms with Crippen LogP contribution in [0.2, 0.25) is 0 Å². The van der Waals surface area contributed by atoms with Crippen LogP contribution in [0.5, 0.6) is 0 Å². The number of carbonyl (C=O) groups is 1. The van der Waals surface area contributed by atoms with E-state index in [0.717, 1.165) is 0 Å². The summed E-state index contributed by atoms with van der Waals surface area (Å²) in [5, 5.41) is 3.01. The molecule has 1 unspecified atom stereocenters. The van der Waals surface area contributed by atoms with E-state index in [1.54, 1.807) is 6.07 Å². The molecule has 5 N–H and O–H groups in total. The summed E-state index contributed by atoms with van der Waals surface area (Å²) in [6.07, 6.45) is 0. The number of nitrogens with one attached hydrogen (secondary N) is 1. The van der Waals surface area contributed by atoms with Gasteiger partial charge in [-0.2, -0.15) is 0 Å². The van der Waals surface area contributed by atoms with Gasteiger partial charge in [0.2, 0.25) is 5.91 Å². The number of rotatable bonds is 5. The molecule has 0 aliphatic rings. The predicted octanol–water partition coefficient (Wildman–Crippen LogP) is 1.10. The Morgan fingerprint density at radius 1 is 1.28 bits per heavy atom. The van der Waals surface area contributed by atoms with E-state index in [2.05, 4.69) is 15.3 Å². The van der Waals surface area contributed by atoms with Gasteiger partial charge in [-0.25, -0.2) is 9.97 Å². The first-order chi connectivity index (χ1) is 8.31. The average molecular weight is 251 g/mol. The summed E-state index contributed by atoms with van der Waals surface area (Å²) in [5.74, 6) is 1.38. The van der Waals surface area contributed by atoms with Crippen LogP contribution in [0.1, 0.15) is 39.4 Å². The highest BCUT2D eigenvalue weighted by Gasteiger charge is 2.20. The number of aromatic nitrogens is 2. The molecule has 0 saturated heterocycles. The Balaban J connectivity index is 2.99. The predicted molar refractivity (Wildman–Crippen MR) is 72.0 cm³/mol. The van der Waals surface area contributed by atoms with Crippen molar-refractivity contribution in [2.45, 2.75) is 39.7 Å². The minimum absolute atomic E-state index is 0.0705. The molecule has 0 aliphatic carbocycles. The molecule has 0 radical (unpaired) electrons. The van der Waals surface area contributed by atoms with E-state index in [1.165, 1.54) is 0 Å². The van der Waals surface area contributed by atoms with Gasteiger partial charge >= 0.3 is 0 Å². The Kier molecular flexibility index (Phi) is 4.47. The van der Waals surface area contributed by atoms with Gasteiger partial charge in [0.1, 0.15) is 23.5 Å². The zero-order valence-corrected chi connectivity index (χ0v) is 11.3. The first-order valence-corrected chi connectivity index (χ1v) is 6.01. The fraction of sp³-hybridized carbons (Fsp3) is 0.583. The average Bonchev–Trinajstić information content (AvgIpc) is 2.24. The molecule has 18 heavy (non-hydrogen) atoms. The third-order valence-electron chi connectivity index (χ3n) is 2.56. The summed E-state index contributed by atoms with van der Waals surface area (Å²) < 4.78 is 0. The van der Waals surface area contributed by atoms with E-state index in [9.17, 15) is 4.79 Å². The molecule has 0 aliphatic heterocycles. The lowest BCUT2D eigenvalue weighted by Crippen LogP contribution is -2.39. The Hall–Kier alpha value is -1.85. The van der Waals surface area contributed by atoms with E-state index >= 15 is 0 Å². The number of nitrogens with zero attached hydrogens (tertiary/aromatic N) is 2. The maximum absolute atomic E-state index is 11.3. The number of carbonyl (C=O) groups excluding carboxylic acids is 1. The minimum atomic E-state index is -0.473. The van der Waals surface area contributed by atoms with Gasteiger partial charge in [-0.15, -0.1) is 0 Å². The van der Waals surface area contributed by atoms with Crippen LogP contribution in [0.15, 0.2) is 6.07 Å². The van der Waals surface area contributed by atoms with Crippen molar-refractivity contribution in [2.24, 2.45) is 11.7 Å². The molecule has 0 fully saturated rings. The number of amides is 1. The van der Waals surface area contributed by atoms with E-state index in [4.69, 9.17) is 11.5 Å². The van der Waals surface area contributed by atoms with Gasteiger partial charge in [-0.05, 0) is 5.92 Å². The van der Waals surface area contributed by atoms with Gasteiger partial charge in [-0.1, -0.05) is 27.7 Å². The third-order valence-corrected chi connectivity index (χ3v) is 2.56. The van der Waals surface area contributed by atoms with Crippen molar-refractivity contribution >= 4 is 17.5 Å². The van der Waals surface area contributed by atoms with Gasteiger partial charge in [0, 0.05) is 12.0 Å². The Labute approximate surface area is 107 Å². The van der Waals surface area contributed by atoms with E-state index in [1.807, 2.05) is 27.7 Å². The van der Waals surface area contributed by atoms with Crippen LogP contribution >= 0.6 is 0 Å². The van der Waals surface area contributed by atoms with Crippen LogP contribution in [0.3, 0.4) is 0 Å². The SMILES string of the molecule is CC(C)c1nc(N)cc(NC(C(N)=O)C(C)C)n1. The summed E-state index contributed by atoms with van der Waals surface area (Å²) in [6, 6.07) is 1.13. The Bertz CT molecular complexity index is 430. The topological polar surface area (TPSA) is 107 Å². The lowest BCUT2D eigenvalue weighted by atomic mass is 10.0. The van der Waals surface area contributed by atoms with Crippen LogP contribution in [0, 0.1) is 5.92 Å². The molecular formula is C12H21N5O. The second-order valence-corrected chi connectivity index (χ2v) is 4.96. The number of hydrogen-bond acceptors (Lipinski definition) is 5. The zero-order valence-electron chi connectivity index (χ0n) is 11.3. The summed E-state index contributed by atoms with van der Waals surface area (Å²) in [5.41, 5.74) is 11.1. The summed E-state index contributed by atoms with van der Waals surface area (Å²) >= 11 is 0. The number of anilines is 2. The van der Waals surface area contributed by atoms with Gasteiger partial charge in [-0.3, -0.25) is 4.79 Å². The maximum Gasteiger partial charge on any atom is 0.240 e. The summed E-state index contributed by atoms with van der Waals surface area (Å²) in [6.45, 7) is 7.78. The van der Waals surface area contributed by atoms with Crippen molar-refractivity contribution in [3.05, 3.63) is 11.9 Å². The fourth-order valence-corrected chi connectivity index (χ4v) is 1.54. The molecule has 1 rings (SSSR count). The molecule has 1 heterocycles. The maximum atomic E-state index is 11.3. The van der Waals surface area contributed by atoms with Crippen molar-refractivity contribution in [3.63, 3.8) is 0 Å². The van der Waals surface area contributed by atoms with Gasteiger partial charge in [0.15, 0.2) is 0 Å². The molecule has 6 heteroatoms. The van der Waals surface area contributed by atoms with Crippen LogP contribution in [-0.4, -0.2) is 21.9 Å². The minimum Gasteiger partial charge on any atom is -0.384 e. The smallest absolute Gasteiger partial charge is 0.240 e. The monoisotopic (exact) mass is 251 g/mol. The number of primary amides is 1. The van der Waals surface area contributed by atoms with E-state index < -0.39 is 11.9 Å². The lowest BCUT2D eigenvalue weighted by molar-refractivity contribution is -0.119. The first-order valence-electron chi connectivity index (χ1n) is 6.01. The van der Waals surface area contributed by atoms with E-state index in [-0.39, 0.29) is 11.8 Å². The standard InChI is InChI=1S/C12H21N5O/c1-6(2)10(11(14)18)16-9-5-8(13)15-12(17-9)7(3)4/h5-7,10H,1-4H3,(H2,14,18)(H3,13,15,16,17). The summed E-state index contributed by atoms with van der Waals surface area (Å²) in [4.78, 5) is 19.8. The second kappa shape index (κ2) is 5.66. The molecular weight excluding hydrogens is 230 g/mol. The first kappa shape index (κ1) is 14.2. The highest BCUT2D eigenvalue weighted by atomic mass is 16.1. The Morgan fingerprint density at radius 2 is 1.89 bits per heavy atom. The van der Waals surface area contributed by atoms with E-state index in [0.29, 0.717) is 17.5 Å². The van der Waals surface area contributed by atoms with Gasteiger partial charge in [0.25, 0.3) is 0 Å². The van der Waals surface area contributed by atoms with Crippen molar-refractivity contribution in [1.82, 2.24) is 9.97 Å². The zero-order chi connectivity index (χ0) is 13.9. The number of nitrogen functional groups attached to an aromatic ring is 1. The van der Waals surface area contributed by atoms with Crippen molar-refractivity contribution < 1.29 is 4.79 Å². The highest BCUT2D eigenvalue weighted by Crippen LogP contribution is 2.17. The molecule has 0 bridgehead atoms. The largest absolute Gasteiger partial charge is 0.384 e. The van der Waals surface area contributed by atoms with Crippen LogP contribution in [-0.2, 0) is 4.79 Å². The number of hydrogen-bond donors (Lipinski definition) is 3. The van der Waals surface area contributed by atoms with Gasteiger partial charge < -0.3 is 16.8 Å². The lowest BCUT2D eigenvalue weighted by Gasteiger charge is -2.20. The van der Waals surface area contributed by atoms with Crippen LogP contribution in [0.4, 0.5) is 11.6 Å². The van der Waals surface area contributed by atoms with Crippen molar-refractivity contribution in [1.29, 1.82) is 0 Å². The molecule has 1 atom stereocenters. The quantitative estimate of drug-likeness (QED) is 0.726. The second-order valence-electron chi connectivity index (χ2n) is 4.96. The highest BCUT2D eigenvalue weighted by molar-refractivity contribution is 5.83. The molecule has 0 spiro atoms. The van der Waals surface area contributed by atoms with Crippen LogP contribution < -0.4 is 16.8 Å². The Morgan fingerprint density at radius 3 is 2.33 bits per heavy atom. The summed E-state index contributed by atoms with van der Waals surface area (Å²) in [7, 11) is 0. The molecule has 100 valence electrons. The molecule has 0 saturated carbocycles. The number of nitrogens with two attached hydrogens (primary N) is 2. The molecule has 0 aromatic carbocycles. The normalized spacial score (nSPS) is 12.8. The fourth-order valence-electron chi connectivity index (χ4n) is 1.54. The van der Waals surface area contributed by atoms with Gasteiger partial charge in [0.05, 0.1) is 0 Å². The van der Waals surface area contributed by atoms with Crippen LogP contribution in [0.25, 0.3) is 0 Å². The third kappa shape index (κ3) is 3.58. The molecule has 1 aromatic heterocycles.